The fourth-order valence-corrected chi connectivity index (χ4v) is 3.39. The monoisotopic (exact) mass is 310 g/mol. The van der Waals surface area contributed by atoms with Gasteiger partial charge in [0.1, 0.15) is 0 Å². The molecule has 120 valence electrons. The van der Waals surface area contributed by atoms with Crippen LogP contribution in [0.4, 0.5) is 5.69 Å². The minimum Gasteiger partial charge on any atom is -0.329 e. The molecular weight excluding hydrogens is 288 g/mol. The van der Waals surface area contributed by atoms with Gasteiger partial charge in [0.25, 0.3) is 0 Å². The first-order valence-electron chi connectivity index (χ1n) is 8.24. The van der Waals surface area contributed by atoms with Crippen molar-refractivity contribution in [3.63, 3.8) is 0 Å². The van der Waals surface area contributed by atoms with Crippen molar-refractivity contribution >= 4 is 17.5 Å². The zero-order valence-corrected chi connectivity index (χ0v) is 13.1. The summed E-state index contributed by atoms with van der Waals surface area (Å²) in [6, 6.07) is 9.45. The molecule has 2 N–H and O–H groups in total. The van der Waals surface area contributed by atoms with Crippen molar-refractivity contribution < 1.29 is 9.59 Å². The molecule has 2 atom stereocenters. The lowest BCUT2D eigenvalue weighted by molar-refractivity contribution is -0.126. The van der Waals surface area contributed by atoms with Gasteiger partial charge in [0, 0.05) is 30.1 Å². The SMILES string of the molecule is O=C(CC1CCC[C@H]1C(=O)NC1=CC=CC1)Nc1ccccc1. The average Bonchev–Trinajstić information content (AvgIpc) is 3.20. The van der Waals surface area contributed by atoms with Gasteiger partial charge < -0.3 is 10.6 Å². The number of allylic oxidation sites excluding steroid dienone is 3. The van der Waals surface area contributed by atoms with Gasteiger partial charge in [-0.1, -0.05) is 36.8 Å². The van der Waals surface area contributed by atoms with Crippen LogP contribution in [0, 0.1) is 11.8 Å². The Bertz CT molecular complexity index is 634. The summed E-state index contributed by atoms with van der Waals surface area (Å²) in [6.45, 7) is 0. The molecule has 1 saturated carbocycles. The fourth-order valence-electron chi connectivity index (χ4n) is 3.39. The van der Waals surface area contributed by atoms with Gasteiger partial charge in [-0.15, -0.1) is 0 Å². The molecule has 0 heterocycles. The van der Waals surface area contributed by atoms with Gasteiger partial charge in [0.05, 0.1) is 0 Å². The second-order valence-electron chi connectivity index (χ2n) is 6.23. The molecule has 2 aliphatic carbocycles. The van der Waals surface area contributed by atoms with E-state index in [9.17, 15) is 9.59 Å². The molecule has 3 rings (SSSR count). The highest BCUT2D eigenvalue weighted by atomic mass is 16.2. The number of nitrogens with one attached hydrogen (secondary N) is 2. The standard InChI is InChI=1S/C19H22N2O2/c22-18(20-15-8-2-1-3-9-15)13-14-7-6-12-17(14)19(23)21-16-10-4-5-11-16/h1-5,8-10,14,17H,6-7,11-13H2,(H,20,22)(H,21,23)/t14?,17-/m1/s1. The van der Waals surface area contributed by atoms with E-state index in [-0.39, 0.29) is 23.7 Å². The third-order valence-corrected chi connectivity index (χ3v) is 4.56. The van der Waals surface area contributed by atoms with Crippen molar-refractivity contribution in [3.8, 4) is 0 Å². The molecule has 2 amide bonds. The lowest BCUT2D eigenvalue weighted by Gasteiger charge is -2.19. The summed E-state index contributed by atoms with van der Waals surface area (Å²) < 4.78 is 0. The number of hydrogen-bond acceptors (Lipinski definition) is 2. The molecule has 1 aromatic rings. The summed E-state index contributed by atoms with van der Waals surface area (Å²) >= 11 is 0. The van der Waals surface area contributed by atoms with Crippen LogP contribution in [0.2, 0.25) is 0 Å². The molecule has 4 heteroatoms. The fraction of sp³-hybridized carbons (Fsp3) is 0.368. The molecule has 1 aromatic carbocycles. The molecule has 2 aliphatic rings. The smallest absolute Gasteiger partial charge is 0.227 e. The second-order valence-corrected chi connectivity index (χ2v) is 6.23. The first kappa shape index (κ1) is 15.5. The Hall–Kier alpha value is -2.36. The third-order valence-electron chi connectivity index (χ3n) is 4.56. The first-order chi connectivity index (χ1) is 11.2. The Morgan fingerprint density at radius 1 is 1.09 bits per heavy atom. The van der Waals surface area contributed by atoms with Crippen molar-refractivity contribution in [2.45, 2.75) is 32.1 Å². The van der Waals surface area contributed by atoms with E-state index in [2.05, 4.69) is 10.6 Å². The molecule has 0 bridgehead atoms. The number of carbonyl (C=O) groups is 2. The highest BCUT2D eigenvalue weighted by Gasteiger charge is 2.34. The van der Waals surface area contributed by atoms with Crippen LogP contribution < -0.4 is 10.6 Å². The summed E-state index contributed by atoms with van der Waals surface area (Å²) in [5.41, 5.74) is 1.76. The Morgan fingerprint density at radius 2 is 1.91 bits per heavy atom. The average molecular weight is 310 g/mol. The third kappa shape index (κ3) is 4.09. The van der Waals surface area contributed by atoms with Gasteiger partial charge in [0.2, 0.25) is 11.8 Å². The summed E-state index contributed by atoms with van der Waals surface area (Å²) in [5.74, 6) is 0.129. The molecule has 0 saturated heterocycles. The second kappa shape index (κ2) is 7.27. The number of para-hydroxylation sites is 1. The predicted molar refractivity (Wildman–Crippen MR) is 90.5 cm³/mol. The first-order valence-corrected chi connectivity index (χ1v) is 8.24. The van der Waals surface area contributed by atoms with E-state index in [4.69, 9.17) is 0 Å². The summed E-state index contributed by atoms with van der Waals surface area (Å²) in [7, 11) is 0. The number of rotatable bonds is 5. The molecule has 1 unspecified atom stereocenters. The molecule has 0 aliphatic heterocycles. The molecule has 1 fully saturated rings. The lowest BCUT2D eigenvalue weighted by Crippen LogP contribution is -2.33. The minimum absolute atomic E-state index is 0.0114. The highest BCUT2D eigenvalue weighted by Crippen LogP contribution is 2.35. The summed E-state index contributed by atoms with van der Waals surface area (Å²) in [5, 5.41) is 5.91. The van der Waals surface area contributed by atoms with Gasteiger partial charge >= 0.3 is 0 Å². The molecule has 23 heavy (non-hydrogen) atoms. The summed E-state index contributed by atoms with van der Waals surface area (Å²) in [4.78, 5) is 24.7. The van der Waals surface area contributed by atoms with E-state index >= 15 is 0 Å². The van der Waals surface area contributed by atoms with Crippen LogP contribution in [-0.2, 0) is 9.59 Å². The van der Waals surface area contributed by atoms with Crippen molar-refractivity contribution in [1.82, 2.24) is 5.32 Å². The van der Waals surface area contributed by atoms with Gasteiger partial charge in [-0.2, -0.15) is 0 Å². The predicted octanol–water partition coefficient (Wildman–Crippen LogP) is 3.39. The van der Waals surface area contributed by atoms with Crippen LogP contribution in [0.1, 0.15) is 32.1 Å². The van der Waals surface area contributed by atoms with Crippen LogP contribution in [0.25, 0.3) is 0 Å². The van der Waals surface area contributed by atoms with Crippen molar-refractivity contribution in [2.24, 2.45) is 11.8 Å². The Kier molecular flexibility index (Phi) is 4.91. The largest absolute Gasteiger partial charge is 0.329 e. The number of anilines is 1. The van der Waals surface area contributed by atoms with Crippen molar-refractivity contribution in [2.75, 3.05) is 5.32 Å². The molecule has 4 nitrogen and oxygen atoms in total. The normalized spacial score (nSPS) is 22.7. The topological polar surface area (TPSA) is 58.2 Å². The Labute approximate surface area is 136 Å². The van der Waals surface area contributed by atoms with Crippen LogP contribution in [0.15, 0.2) is 54.3 Å². The molecule has 0 aromatic heterocycles. The Balaban J connectivity index is 1.54. The number of benzene rings is 1. The summed E-state index contributed by atoms with van der Waals surface area (Å²) in [6.07, 6.45) is 9.93. The van der Waals surface area contributed by atoms with E-state index in [1.54, 1.807) is 0 Å². The number of carbonyl (C=O) groups excluding carboxylic acids is 2. The van der Waals surface area contributed by atoms with Crippen molar-refractivity contribution in [1.29, 1.82) is 0 Å². The molecular formula is C19H22N2O2. The number of amides is 2. The molecule has 0 radical (unpaired) electrons. The maximum atomic E-state index is 12.4. The van der Waals surface area contributed by atoms with E-state index in [1.165, 1.54) is 0 Å². The van der Waals surface area contributed by atoms with Crippen LogP contribution >= 0.6 is 0 Å². The van der Waals surface area contributed by atoms with Crippen LogP contribution in [-0.4, -0.2) is 11.8 Å². The molecule has 0 spiro atoms. The zero-order valence-electron chi connectivity index (χ0n) is 13.1. The van der Waals surface area contributed by atoms with Gasteiger partial charge in [-0.3, -0.25) is 9.59 Å². The number of hydrogen-bond donors (Lipinski definition) is 2. The lowest BCUT2D eigenvalue weighted by atomic mass is 9.91. The van der Waals surface area contributed by atoms with Crippen LogP contribution in [0.3, 0.4) is 0 Å². The van der Waals surface area contributed by atoms with E-state index < -0.39 is 0 Å². The van der Waals surface area contributed by atoms with Crippen LogP contribution in [0.5, 0.6) is 0 Å². The van der Waals surface area contributed by atoms with Crippen molar-refractivity contribution in [3.05, 3.63) is 54.3 Å². The maximum absolute atomic E-state index is 12.4. The highest BCUT2D eigenvalue weighted by molar-refractivity contribution is 5.91. The van der Waals surface area contributed by atoms with E-state index in [0.717, 1.165) is 37.1 Å². The van der Waals surface area contributed by atoms with E-state index in [0.29, 0.717) is 6.42 Å². The van der Waals surface area contributed by atoms with Gasteiger partial charge in [0.15, 0.2) is 0 Å². The van der Waals surface area contributed by atoms with Gasteiger partial charge in [-0.05, 0) is 37.0 Å². The minimum atomic E-state index is -0.0574. The maximum Gasteiger partial charge on any atom is 0.227 e. The van der Waals surface area contributed by atoms with E-state index in [1.807, 2.05) is 48.6 Å². The Morgan fingerprint density at radius 3 is 2.65 bits per heavy atom. The quantitative estimate of drug-likeness (QED) is 0.876. The zero-order chi connectivity index (χ0) is 16.1. The van der Waals surface area contributed by atoms with Gasteiger partial charge in [-0.25, -0.2) is 0 Å².